The molecule has 0 aromatic heterocycles. The molecule has 0 aromatic carbocycles. The first kappa shape index (κ1) is 12.5. The van der Waals surface area contributed by atoms with Crippen LogP contribution in [0, 0.1) is 0 Å². The maximum Gasteiger partial charge on any atom is 0.246 e. The van der Waals surface area contributed by atoms with E-state index in [2.05, 4.69) is 5.32 Å². The van der Waals surface area contributed by atoms with Gasteiger partial charge >= 0.3 is 0 Å². The van der Waals surface area contributed by atoms with Crippen LogP contribution in [0.4, 0.5) is 0 Å². The zero-order valence-electron chi connectivity index (χ0n) is 10.7. The number of carbonyl (C=O) groups excluding carboxylic acids is 2. The smallest absolute Gasteiger partial charge is 0.246 e. The Labute approximate surface area is 101 Å². The van der Waals surface area contributed by atoms with Gasteiger partial charge in [-0.3, -0.25) is 19.8 Å². The minimum Gasteiger partial charge on any atom is -0.370 e. The molecule has 5 heteroatoms. The zero-order valence-corrected chi connectivity index (χ0v) is 10.7. The highest BCUT2D eigenvalue weighted by Crippen LogP contribution is 2.29. The summed E-state index contributed by atoms with van der Waals surface area (Å²) < 4.78 is 5.82. The van der Waals surface area contributed by atoms with Crippen molar-refractivity contribution in [1.29, 1.82) is 0 Å². The summed E-state index contributed by atoms with van der Waals surface area (Å²) in [7, 11) is 0. The van der Waals surface area contributed by atoms with E-state index in [1.54, 1.807) is 6.92 Å². The fraction of sp³-hybridized carbons (Fsp3) is 0.833. The molecule has 0 saturated carbocycles. The molecule has 17 heavy (non-hydrogen) atoms. The Morgan fingerprint density at radius 2 is 2.18 bits per heavy atom. The molecular formula is C12H20N2O3. The molecule has 0 spiro atoms. The Morgan fingerprint density at radius 3 is 2.76 bits per heavy atom. The van der Waals surface area contributed by atoms with E-state index in [9.17, 15) is 9.59 Å². The molecule has 96 valence electrons. The third-order valence-corrected chi connectivity index (χ3v) is 3.44. The van der Waals surface area contributed by atoms with Gasteiger partial charge in [0.05, 0.1) is 30.8 Å². The Balaban J connectivity index is 1.98. The normalized spacial score (nSPS) is 33.2. The van der Waals surface area contributed by atoms with Crippen LogP contribution in [0.15, 0.2) is 0 Å². The van der Waals surface area contributed by atoms with Crippen molar-refractivity contribution in [2.24, 2.45) is 0 Å². The van der Waals surface area contributed by atoms with Crippen LogP contribution in [-0.2, 0) is 14.3 Å². The van der Waals surface area contributed by atoms with Crippen LogP contribution in [0.5, 0.6) is 0 Å². The van der Waals surface area contributed by atoms with Crippen molar-refractivity contribution in [3.05, 3.63) is 0 Å². The molecule has 0 bridgehead atoms. The van der Waals surface area contributed by atoms with Crippen LogP contribution in [0.3, 0.4) is 0 Å². The molecule has 2 atom stereocenters. The number of nitrogens with one attached hydrogen (secondary N) is 1. The van der Waals surface area contributed by atoms with Crippen molar-refractivity contribution in [3.8, 4) is 0 Å². The van der Waals surface area contributed by atoms with Crippen molar-refractivity contribution in [3.63, 3.8) is 0 Å². The van der Waals surface area contributed by atoms with E-state index in [0.29, 0.717) is 6.54 Å². The van der Waals surface area contributed by atoms with Gasteiger partial charge in [-0.1, -0.05) is 0 Å². The summed E-state index contributed by atoms with van der Waals surface area (Å²) in [6.07, 6.45) is 1.87. The Kier molecular flexibility index (Phi) is 3.23. The number of hydrogen-bond acceptors (Lipinski definition) is 4. The molecule has 2 rings (SSSR count). The van der Waals surface area contributed by atoms with Crippen LogP contribution in [0.2, 0.25) is 0 Å². The van der Waals surface area contributed by atoms with E-state index in [4.69, 9.17) is 4.74 Å². The third-order valence-electron chi connectivity index (χ3n) is 3.44. The van der Waals surface area contributed by atoms with Crippen LogP contribution in [0.1, 0.15) is 33.6 Å². The van der Waals surface area contributed by atoms with Crippen molar-refractivity contribution in [2.45, 2.75) is 51.4 Å². The van der Waals surface area contributed by atoms with E-state index < -0.39 is 0 Å². The van der Waals surface area contributed by atoms with E-state index in [0.717, 1.165) is 12.8 Å². The summed E-state index contributed by atoms with van der Waals surface area (Å²) in [6, 6.07) is -0.276. The highest BCUT2D eigenvalue weighted by Gasteiger charge is 2.37. The molecule has 2 heterocycles. The van der Waals surface area contributed by atoms with Gasteiger partial charge < -0.3 is 4.74 Å². The number of ether oxygens (including phenoxy) is 1. The van der Waals surface area contributed by atoms with Crippen LogP contribution in [-0.4, -0.2) is 47.6 Å². The van der Waals surface area contributed by atoms with Crippen molar-refractivity contribution in [2.75, 3.05) is 13.1 Å². The molecular weight excluding hydrogens is 220 g/mol. The maximum absolute atomic E-state index is 11.9. The predicted octanol–water partition coefficient (Wildman–Crippen LogP) is 0.291. The molecule has 0 radical (unpaired) electrons. The second-order valence-corrected chi connectivity index (χ2v) is 5.48. The standard InChI is InChI=1S/C12H20N2O3/c1-8-11(16)14(10(15)6-13-8)7-9-4-5-12(2,3)17-9/h8-9,13H,4-7H2,1-3H3. The number of hydrogen-bond donors (Lipinski definition) is 1. The van der Waals surface area contributed by atoms with E-state index in [-0.39, 0.29) is 36.1 Å². The molecule has 2 saturated heterocycles. The van der Waals surface area contributed by atoms with Gasteiger partial charge in [-0.25, -0.2) is 0 Å². The van der Waals surface area contributed by atoms with E-state index in [1.807, 2.05) is 13.8 Å². The first-order chi connectivity index (χ1) is 7.89. The van der Waals surface area contributed by atoms with Gasteiger partial charge in [0.1, 0.15) is 0 Å². The molecule has 2 unspecified atom stereocenters. The summed E-state index contributed by atoms with van der Waals surface area (Å²) in [5.74, 6) is -0.295. The molecule has 2 fully saturated rings. The summed E-state index contributed by atoms with van der Waals surface area (Å²) in [5, 5.41) is 2.87. The van der Waals surface area contributed by atoms with E-state index >= 15 is 0 Å². The fourth-order valence-corrected chi connectivity index (χ4v) is 2.38. The number of rotatable bonds is 2. The highest BCUT2D eigenvalue weighted by atomic mass is 16.5. The maximum atomic E-state index is 11.9. The minimum absolute atomic E-state index is 0.0109. The average molecular weight is 240 g/mol. The van der Waals surface area contributed by atoms with Gasteiger partial charge in [-0.05, 0) is 33.6 Å². The summed E-state index contributed by atoms with van der Waals surface area (Å²) in [6.45, 7) is 6.49. The molecule has 5 nitrogen and oxygen atoms in total. The van der Waals surface area contributed by atoms with Gasteiger partial charge in [0, 0.05) is 0 Å². The van der Waals surface area contributed by atoms with Crippen LogP contribution in [0.25, 0.3) is 0 Å². The van der Waals surface area contributed by atoms with Crippen molar-refractivity contribution < 1.29 is 14.3 Å². The lowest BCUT2D eigenvalue weighted by Gasteiger charge is -2.31. The van der Waals surface area contributed by atoms with Gasteiger partial charge in [0.15, 0.2) is 0 Å². The number of amides is 2. The number of nitrogens with zero attached hydrogens (tertiary/aromatic N) is 1. The van der Waals surface area contributed by atoms with E-state index in [1.165, 1.54) is 4.90 Å². The second-order valence-electron chi connectivity index (χ2n) is 5.48. The first-order valence-corrected chi connectivity index (χ1v) is 6.14. The number of carbonyl (C=O) groups is 2. The minimum atomic E-state index is -0.276. The number of imide groups is 1. The second kappa shape index (κ2) is 4.38. The summed E-state index contributed by atoms with van der Waals surface area (Å²) in [4.78, 5) is 24.9. The fourth-order valence-electron chi connectivity index (χ4n) is 2.38. The Hall–Kier alpha value is -0.940. The van der Waals surface area contributed by atoms with Crippen molar-refractivity contribution in [1.82, 2.24) is 10.2 Å². The highest BCUT2D eigenvalue weighted by molar-refractivity contribution is 6.01. The topological polar surface area (TPSA) is 58.6 Å². The lowest BCUT2D eigenvalue weighted by atomic mass is 10.1. The molecule has 2 aliphatic heterocycles. The number of piperazine rings is 1. The Bertz CT molecular complexity index is 341. The van der Waals surface area contributed by atoms with Gasteiger partial charge in [-0.15, -0.1) is 0 Å². The van der Waals surface area contributed by atoms with Crippen molar-refractivity contribution >= 4 is 11.8 Å². The quantitative estimate of drug-likeness (QED) is 0.705. The molecule has 2 aliphatic rings. The average Bonchev–Trinajstić information content (AvgIpc) is 2.59. The van der Waals surface area contributed by atoms with Gasteiger partial charge in [0.25, 0.3) is 0 Å². The molecule has 1 N–H and O–H groups in total. The zero-order chi connectivity index (χ0) is 12.6. The molecule has 0 aliphatic carbocycles. The summed E-state index contributed by atoms with van der Waals surface area (Å²) >= 11 is 0. The third kappa shape index (κ3) is 2.66. The molecule has 2 amide bonds. The predicted molar refractivity (Wildman–Crippen MR) is 62.4 cm³/mol. The first-order valence-electron chi connectivity index (χ1n) is 6.14. The summed E-state index contributed by atoms with van der Waals surface area (Å²) in [5.41, 5.74) is -0.129. The lowest BCUT2D eigenvalue weighted by Crippen LogP contribution is -2.58. The van der Waals surface area contributed by atoms with Gasteiger partial charge in [-0.2, -0.15) is 0 Å². The SMILES string of the molecule is CC1NCC(=O)N(CC2CCC(C)(C)O2)C1=O. The van der Waals surface area contributed by atoms with Crippen LogP contribution >= 0.6 is 0 Å². The largest absolute Gasteiger partial charge is 0.370 e. The molecule has 0 aromatic rings. The Morgan fingerprint density at radius 1 is 1.47 bits per heavy atom. The van der Waals surface area contributed by atoms with Crippen LogP contribution < -0.4 is 5.32 Å². The lowest BCUT2D eigenvalue weighted by molar-refractivity contribution is -0.151. The monoisotopic (exact) mass is 240 g/mol. The van der Waals surface area contributed by atoms with Gasteiger partial charge in [0.2, 0.25) is 11.8 Å².